The Morgan fingerprint density at radius 2 is 1.49 bits per heavy atom. The summed E-state index contributed by atoms with van der Waals surface area (Å²) in [6.07, 6.45) is 2.70. The molecule has 6 heteroatoms. The summed E-state index contributed by atoms with van der Waals surface area (Å²) >= 11 is 0. The van der Waals surface area contributed by atoms with Crippen LogP contribution in [0.25, 0.3) is 11.1 Å². The van der Waals surface area contributed by atoms with Gasteiger partial charge in [0.1, 0.15) is 17.1 Å². The number of pyridine rings is 1. The van der Waals surface area contributed by atoms with Crippen molar-refractivity contribution in [2.45, 2.75) is 38.1 Å². The smallest absolute Gasteiger partial charge is 0.235 e. The van der Waals surface area contributed by atoms with Gasteiger partial charge < -0.3 is 10.2 Å². The highest BCUT2D eigenvalue weighted by Gasteiger charge is 2.48. The van der Waals surface area contributed by atoms with Gasteiger partial charge in [-0.25, -0.2) is 9.37 Å². The maximum absolute atomic E-state index is 14.2. The Balaban J connectivity index is 1.15. The summed E-state index contributed by atoms with van der Waals surface area (Å²) in [5, 5.41) is 3.21. The Morgan fingerprint density at radius 1 is 0.829 bits per heavy atom. The molecule has 0 spiro atoms. The molecule has 3 aromatic carbocycles. The molecule has 6 rings (SSSR count). The molecule has 1 aromatic heterocycles. The molecule has 0 unspecified atom stereocenters. The number of carbonyl (C=O) groups is 1. The van der Waals surface area contributed by atoms with E-state index < -0.39 is 5.41 Å². The van der Waals surface area contributed by atoms with E-state index >= 15 is 0 Å². The Bertz CT molecular complexity index is 1470. The summed E-state index contributed by atoms with van der Waals surface area (Å²) in [6.45, 7) is 7.42. The molecule has 0 radical (unpaired) electrons. The van der Waals surface area contributed by atoms with Gasteiger partial charge in [0.25, 0.3) is 0 Å². The first kappa shape index (κ1) is 27.2. The van der Waals surface area contributed by atoms with Crippen molar-refractivity contribution < 1.29 is 9.18 Å². The number of fused-ring (bicyclic) bond motifs is 3. The number of anilines is 1. The van der Waals surface area contributed by atoms with E-state index in [1.54, 1.807) is 12.1 Å². The maximum Gasteiger partial charge on any atom is 0.235 e. The van der Waals surface area contributed by atoms with Gasteiger partial charge in [-0.05, 0) is 78.4 Å². The quantitative estimate of drug-likeness (QED) is 0.257. The lowest BCUT2D eigenvalue weighted by molar-refractivity contribution is -0.125. The van der Waals surface area contributed by atoms with E-state index in [-0.39, 0.29) is 11.7 Å². The number of halogens is 1. The predicted octanol–water partition coefficient (Wildman–Crippen LogP) is 6.10. The number of nitrogens with one attached hydrogen (secondary N) is 1. The Morgan fingerprint density at radius 3 is 2.15 bits per heavy atom. The van der Waals surface area contributed by atoms with Gasteiger partial charge in [-0.15, -0.1) is 0 Å². The van der Waals surface area contributed by atoms with Crippen molar-refractivity contribution in [3.63, 3.8) is 0 Å². The van der Waals surface area contributed by atoms with Crippen LogP contribution in [0.1, 0.15) is 41.6 Å². The minimum atomic E-state index is -0.747. The van der Waals surface area contributed by atoms with E-state index in [9.17, 15) is 9.18 Å². The van der Waals surface area contributed by atoms with Crippen LogP contribution in [0.4, 0.5) is 10.2 Å². The molecule has 1 fully saturated rings. The van der Waals surface area contributed by atoms with Crippen LogP contribution < -0.4 is 10.2 Å². The summed E-state index contributed by atoms with van der Waals surface area (Å²) < 4.78 is 13.4. The number of rotatable bonds is 9. The highest BCUT2D eigenvalue weighted by atomic mass is 19.1. The topological polar surface area (TPSA) is 48.5 Å². The van der Waals surface area contributed by atoms with Crippen molar-refractivity contribution in [3.8, 4) is 11.1 Å². The van der Waals surface area contributed by atoms with Crippen molar-refractivity contribution in [2.24, 2.45) is 0 Å². The van der Waals surface area contributed by atoms with Crippen molar-refractivity contribution >= 4 is 11.7 Å². The van der Waals surface area contributed by atoms with Crippen LogP contribution in [0, 0.1) is 12.7 Å². The first-order valence-electron chi connectivity index (χ1n) is 14.7. The molecule has 41 heavy (non-hydrogen) atoms. The SMILES string of the molecule is Cc1cccc(N2CCN(CCCCC3(C(=O)NCc4ccc(F)cc4)c4ccccc4-c4ccccc43)CC2)n1. The van der Waals surface area contributed by atoms with Crippen LogP contribution in [-0.4, -0.2) is 48.5 Å². The number of amides is 1. The van der Waals surface area contributed by atoms with E-state index in [1.807, 2.05) is 37.3 Å². The van der Waals surface area contributed by atoms with Crippen LogP contribution in [0.3, 0.4) is 0 Å². The van der Waals surface area contributed by atoms with Gasteiger partial charge in [-0.3, -0.25) is 9.69 Å². The Kier molecular flexibility index (Phi) is 7.84. The summed E-state index contributed by atoms with van der Waals surface area (Å²) in [6, 6.07) is 29.2. The molecule has 1 amide bonds. The zero-order chi connectivity index (χ0) is 28.2. The molecule has 5 nitrogen and oxygen atoms in total. The summed E-state index contributed by atoms with van der Waals surface area (Å²) in [7, 11) is 0. The third-order valence-electron chi connectivity index (χ3n) is 8.66. The molecule has 1 saturated heterocycles. The normalized spacial score (nSPS) is 15.8. The number of unbranched alkanes of at least 4 members (excludes halogenated alkanes) is 1. The van der Waals surface area contributed by atoms with Gasteiger partial charge in [0.05, 0.1) is 0 Å². The van der Waals surface area contributed by atoms with E-state index in [2.05, 4.69) is 51.5 Å². The first-order valence-corrected chi connectivity index (χ1v) is 14.7. The summed E-state index contributed by atoms with van der Waals surface area (Å²) in [4.78, 5) is 23.8. The van der Waals surface area contributed by atoms with Crippen molar-refractivity contribution in [1.29, 1.82) is 0 Å². The second-order valence-corrected chi connectivity index (χ2v) is 11.2. The maximum atomic E-state index is 14.2. The minimum absolute atomic E-state index is 0.0125. The molecule has 0 saturated carbocycles. The number of benzene rings is 3. The summed E-state index contributed by atoms with van der Waals surface area (Å²) in [5.74, 6) is 0.804. The van der Waals surface area contributed by atoms with E-state index in [0.29, 0.717) is 6.54 Å². The lowest BCUT2D eigenvalue weighted by atomic mass is 9.73. The zero-order valence-electron chi connectivity index (χ0n) is 23.7. The second-order valence-electron chi connectivity index (χ2n) is 11.2. The van der Waals surface area contributed by atoms with E-state index in [4.69, 9.17) is 4.98 Å². The third-order valence-corrected chi connectivity index (χ3v) is 8.66. The average Bonchev–Trinajstić information content (AvgIpc) is 3.30. The molecular formula is C35H37FN4O. The van der Waals surface area contributed by atoms with E-state index in [1.165, 1.54) is 12.1 Å². The Hall–Kier alpha value is -4.03. The van der Waals surface area contributed by atoms with Gasteiger partial charge in [0.2, 0.25) is 5.91 Å². The van der Waals surface area contributed by atoms with Crippen LogP contribution in [0.5, 0.6) is 0 Å². The number of hydrogen-bond donors (Lipinski definition) is 1. The second kappa shape index (κ2) is 11.8. The molecule has 1 N–H and O–H groups in total. The molecule has 1 aliphatic heterocycles. The van der Waals surface area contributed by atoms with Gasteiger partial charge in [-0.2, -0.15) is 0 Å². The molecule has 2 heterocycles. The van der Waals surface area contributed by atoms with E-state index in [0.717, 1.165) is 91.3 Å². The van der Waals surface area contributed by atoms with Gasteiger partial charge in [0, 0.05) is 38.4 Å². The van der Waals surface area contributed by atoms with Crippen LogP contribution >= 0.6 is 0 Å². The fraction of sp³-hybridized carbons (Fsp3) is 0.314. The van der Waals surface area contributed by atoms with Crippen LogP contribution in [0.2, 0.25) is 0 Å². The standard InChI is InChI=1S/C35H37FN4O/c1-26-9-8-14-33(38-26)40-23-21-39(22-24-40)20-7-6-19-35(34(41)37-25-27-15-17-28(36)18-16-27)31-12-4-2-10-29(31)30-11-3-5-13-32(30)35/h2-5,8-18H,6-7,19-25H2,1H3,(H,37,41). The predicted molar refractivity (Wildman–Crippen MR) is 162 cm³/mol. The number of hydrogen-bond acceptors (Lipinski definition) is 4. The molecule has 2 aliphatic rings. The fourth-order valence-electron chi connectivity index (χ4n) is 6.52. The molecular weight excluding hydrogens is 511 g/mol. The van der Waals surface area contributed by atoms with Crippen LogP contribution in [0.15, 0.2) is 91.0 Å². The average molecular weight is 549 g/mol. The third kappa shape index (κ3) is 5.49. The number of aromatic nitrogens is 1. The number of nitrogens with zero attached hydrogens (tertiary/aromatic N) is 3. The lowest BCUT2D eigenvalue weighted by Gasteiger charge is -2.36. The first-order chi connectivity index (χ1) is 20.0. The summed E-state index contributed by atoms with van der Waals surface area (Å²) in [5.41, 5.74) is 5.63. The molecule has 210 valence electrons. The fourth-order valence-corrected chi connectivity index (χ4v) is 6.52. The van der Waals surface area contributed by atoms with Gasteiger partial charge >= 0.3 is 0 Å². The lowest BCUT2D eigenvalue weighted by Crippen LogP contribution is -2.47. The molecule has 1 aliphatic carbocycles. The molecule has 0 atom stereocenters. The number of carbonyl (C=O) groups excluding carboxylic acids is 1. The van der Waals surface area contributed by atoms with Crippen molar-refractivity contribution in [2.75, 3.05) is 37.6 Å². The Labute approximate surface area is 242 Å². The van der Waals surface area contributed by atoms with Gasteiger partial charge in [-0.1, -0.05) is 73.2 Å². The zero-order valence-corrected chi connectivity index (χ0v) is 23.7. The van der Waals surface area contributed by atoms with Gasteiger partial charge in [0.15, 0.2) is 0 Å². The van der Waals surface area contributed by atoms with Crippen LogP contribution in [-0.2, 0) is 16.8 Å². The number of aryl methyl sites for hydroxylation is 1. The molecule has 0 bridgehead atoms. The number of piperazine rings is 1. The monoisotopic (exact) mass is 548 g/mol. The van der Waals surface area contributed by atoms with Crippen molar-refractivity contribution in [1.82, 2.24) is 15.2 Å². The van der Waals surface area contributed by atoms with Crippen molar-refractivity contribution in [3.05, 3.63) is 119 Å². The minimum Gasteiger partial charge on any atom is -0.354 e. The highest BCUT2D eigenvalue weighted by molar-refractivity contribution is 6.00. The molecule has 4 aromatic rings. The highest BCUT2D eigenvalue weighted by Crippen LogP contribution is 2.51. The largest absolute Gasteiger partial charge is 0.354 e.